The van der Waals surface area contributed by atoms with Crippen molar-refractivity contribution in [3.8, 4) is 5.75 Å². The number of halogens is 1. The average Bonchev–Trinajstić information content (AvgIpc) is 2.79. The fourth-order valence-corrected chi connectivity index (χ4v) is 6.93. The third-order valence-electron chi connectivity index (χ3n) is 8.74. The summed E-state index contributed by atoms with van der Waals surface area (Å²) in [7, 11) is 0. The van der Waals surface area contributed by atoms with Crippen molar-refractivity contribution in [1.82, 2.24) is 0 Å². The van der Waals surface area contributed by atoms with Crippen LogP contribution >= 0.6 is 0 Å². The minimum Gasteiger partial charge on any atom is -0.486 e. The van der Waals surface area contributed by atoms with Gasteiger partial charge < -0.3 is 4.74 Å². The van der Waals surface area contributed by atoms with Crippen LogP contribution in [-0.4, -0.2) is 6.61 Å². The summed E-state index contributed by atoms with van der Waals surface area (Å²) >= 11 is 0. The first-order valence-electron chi connectivity index (χ1n) is 13.2. The van der Waals surface area contributed by atoms with Crippen molar-refractivity contribution in [3.63, 3.8) is 0 Å². The lowest BCUT2D eigenvalue weighted by atomic mass is 9.61. The molecule has 1 aromatic carbocycles. The predicted octanol–water partition coefficient (Wildman–Crippen LogP) is 8.30. The van der Waals surface area contributed by atoms with Gasteiger partial charge in [0.1, 0.15) is 6.61 Å². The van der Waals surface area contributed by atoms with Gasteiger partial charge in [0, 0.05) is 0 Å². The summed E-state index contributed by atoms with van der Waals surface area (Å²) in [5.41, 5.74) is 2.56. The SMILES string of the molecule is C/C=C/COc1cc2c(cc1F)CC(C1CCC3CC(CCCCC)CCC3C1)CC2. The number of ether oxygens (including phenoxy) is 1. The molecule has 31 heavy (non-hydrogen) atoms. The molecule has 0 bridgehead atoms. The molecular formula is C29H43FO. The summed E-state index contributed by atoms with van der Waals surface area (Å²) in [6.07, 6.45) is 21.8. The van der Waals surface area contributed by atoms with Gasteiger partial charge in [-0.3, -0.25) is 0 Å². The molecule has 2 heteroatoms. The van der Waals surface area contributed by atoms with Gasteiger partial charge in [0.25, 0.3) is 0 Å². The number of fused-ring (bicyclic) bond motifs is 2. The van der Waals surface area contributed by atoms with Crippen LogP contribution in [0.5, 0.6) is 5.75 Å². The van der Waals surface area contributed by atoms with E-state index in [1.54, 1.807) is 6.07 Å². The number of hydrogen-bond acceptors (Lipinski definition) is 1. The van der Waals surface area contributed by atoms with Crippen molar-refractivity contribution in [2.45, 2.75) is 97.3 Å². The molecule has 3 aliphatic carbocycles. The molecule has 0 amide bonds. The minimum atomic E-state index is -0.186. The van der Waals surface area contributed by atoms with E-state index in [1.807, 2.05) is 25.1 Å². The first kappa shape index (κ1) is 22.9. The first-order chi connectivity index (χ1) is 15.2. The highest BCUT2D eigenvalue weighted by molar-refractivity contribution is 5.39. The van der Waals surface area contributed by atoms with E-state index in [9.17, 15) is 4.39 Å². The van der Waals surface area contributed by atoms with Gasteiger partial charge in [0.15, 0.2) is 11.6 Å². The molecule has 4 rings (SSSR count). The Morgan fingerprint density at radius 3 is 2.52 bits per heavy atom. The minimum absolute atomic E-state index is 0.186. The summed E-state index contributed by atoms with van der Waals surface area (Å²) < 4.78 is 20.2. The average molecular weight is 427 g/mol. The third kappa shape index (κ3) is 5.74. The van der Waals surface area contributed by atoms with Crippen LogP contribution < -0.4 is 4.74 Å². The lowest BCUT2D eigenvalue weighted by Crippen LogP contribution is -2.35. The van der Waals surface area contributed by atoms with Gasteiger partial charge in [-0.25, -0.2) is 4.39 Å². The molecule has 0 aromatic heterocycles. The van der Waals surface area contributed by atoms with Crippen LogP contribution in [0.3, 0.4) is 0 Å². The number of aryl methyl sites for hydroxylation is 1. The van der Waals surface area contributed by atoms with Gasteiger partial charge in [0.2, 0.25) is 0 Å². The van der Waals surface area contributed by atoms with Gasteiger partial charge in [-0.2, -0.15) is 0 Å². The highest BCUT2D eigenvalue weighted by Gasteiger charge is 2.38. The first-order valence-corrected chi connectivity index (χ1v) is 13.2. The van der Waals surface area contributed by atoms with Crippen LogP contribution in [0.15, 0.2) is 24.3 Å². The smallest absolute Gasteiger partial charge is 0.165 e. The zero-order chi connectivity index (χ0) is 21.6. The molecule has 0 saturated heterocycles. The van der Waals surface area contributed by atoms with Crippen LogP contribution in [0.25, 0.3) is 0 Å². The molecule has 0 radical (unpaired) electrons. The Bertz CT molecular complexity index is 738. The Labute approximate surface area is 189 Å². The largest absolute Gasteiger partial charge is 0.486 e. The van der Waals surface area contributed by atoms with E-state index in [-0.39, 0.29) is 5.82 Å². The normalized spacial score (nSPS) is 30.7. The predicted molar refractivity (Wildman–Crippen MR) is 128 cm³/mol. The van der Waals surface area contributed by atoms with Crippen molar-refractivity contribution in [1.29, 1.82) is 0 Å². The van der Waals surface area contributed by atoms with E-state index in [2.05, 4.69) is 6.92 Å². The summed E-state index contributed by atoms with van der Waals surface area (Å²) in [5, 5.41) is 0. The van der Waals surface area contributed by atoms with E-state index in [4.69, 9.17) is 4.74 Å². The highest BCUT2D eigenvalue weighted by Crippen LogP contribution is 2.49. The monoisotopic (exact) mass is 426 g/mol. The maximum Gasteiger partial charge on any atom is 0.165 e. The van der Waals surface area contributed by atoms with Crippen LogP contribution in [0.1, 0.15) is 95.6 Å². The van der Waals surface area contributed by atoms with Crippen LogP contribution in [0.2, 0.25) is 0 Å². The molecule has 172 valence electrons. The fourth-order valence-electron chi connectivity index (χ4n) is 6.93. The molecule has 1 nitrogen and oxygen atoms in total. The van der Waals surface area contributed by atoms with E-state index < -0.39 is 0 Å². The molecule has 2 saturated carbocycles. The number of rotatable bonds is 8. The van der Waals surface area contributed by atoms with E-state index in [0.29, 0.717) is 12.4 Å². The lowest BCUT2D eigenvalue weighted by Gasteiger charge is -2.45. The fraction of sp³-hybridized carbons (Fsp3) is 0.724. The molecular weight excluding hydrogens is 383 g/mol. The number of benzene rings is 1. The van der Waals surface area contributed by atoms with Gasteiger partial charge in [-0.1, -0.05) is 51.2 Å². The van der Waals surface area contributed by atoms with Crippen molar-refractivity contribution in [3.05, 3.63) is 41.2 Å². The molecule has 2 fully saturated rings. The highest BCUT2D eigenvalue weighted by atomic mass is 19.1. The summed E-state index contributed by atoms with van der Waals surface area (Å²) in [6, 6.07) is 3.75. The van der Waals surface area contributed by atoms with Gasteiger partial charge >= 0.3 is 0 Å². The van der Waals surface area contributed by atoms with Gasteiger partial charge in [-0.15, -0.1) is 0 Å². The molecule has 3 aliphatic rings. The number of hydrogen-bond donors (Lipinski definition) is 0. The standard InChI is InChI=1S/C29H43FO/c1-3-5-7-8-21-9-10-23-17-24(12-11-22(23)16-21)25-13-14-26-20-29(31-15-6-4-2)28(30)19-27(26)18-25/h4,6,19-25H,3,5,7-18H2,1-2H3/b6-4+. The molecule has 0 heterocycles. The third-order valence-corrected chi connectivity index (χ3v) is 8.74. The molecule has 5 unspecified atom stereocenters. The van der Waals surface area contributed by atoms with E-state index in [0.717, 1.165) is 42.4 Å². The Balaban J connectivity index is 1.31. The Morgan fingerprint density at radius 1 is 0.935 bits per heavy atom. The van der Waals surface area contributed by atoms with Crippen molar-refractivity contribution in [2.24, 2.45) is 29.6 Å². The van der Waals surface area contributed by atoms with Crippen molar-refractivity contribution in [2.75, 3.05) is 6.61 Å². The number of unbranched alkanes of at least 4 members (excludes halogenated alkanes) is 2. The molecule has 0 aliphatic heterocycles. The summed E-state index contributed by atoms with van der Waals surface area (Å²) in [5.74, 6) is 4.84. The van der Waals surface area contributed by atoms with Crippen LogP contribution in [0, 0.1) is 35.4 Å². The van der Waals surface area contributed by atoms with Crippen LogP contribution in [-0.2, 0) is 12.8 Å². The van der Waals surface area contributed by atoms with Crippen LogP contribution in [0.4, 0.5) is 4.39 Å². The molecule has 5 atom stereocenters. The Hall–Kier alpha value is -1.31. The zero-order valence-electron chi connectivity index (χ0n) is 19.9. The summed E-state index contributed by atoms with van der Waals surface area (Å²) in [6.45, 7) is 4.71. The molecule has 0 N–H and O–H groups in total. The number of allylic oxidation sites excluding steroid dienone is 1. The zero-order valence-corrected chi connectivity index (χ0v) is 19.9. The topological polar surface area (TPSA) is 9.23 Å². The summed E-state index contributed by atoms with van der Waals surface area (Å²) in [4.78, 5) is 0. The molecule has 0 spiro atoms. The van der Waals surface area contributed by atoms with E-state index in [1.165, 1.54) is 81.8 Å². The Morgan fingerprint density at radius 2 is 1.71 bits per heavy atom. The Kier molecular flexibility index (Phi) is 8.13. The second-order valence-corrected chi connectivity index (χ2v) is 10.7. The van der Waals surface area contributed by atoms with Crippen molar-refractivity contribution < 1.29 is 9.13 Å². The lowest BCUT2D eigenvalue weighted by molar-refractivity contribution is 0.0690. The molecule has 1 aromatic rings. The quantitative estimate of drug-likeness (QED) is 0.300. The van der Waals surface area contributed by atoms with Gasteiger partial charge in [-0.05, 0) is 111 Å². The van der Waals surface area contributed by atoms with Crippen molar-refractivity contribution >= 4 is 0 Å². The second-order valence-electron chi connectivity index (χ2n) is 10.7. The second kappa shape index (κ2) is 11.0. The van der Waals surface area contributed by atoms with E-state index >= 15 is 0 Å². The maximum absolute atomic E-state index is 14.6. The maximum atomic E-state index is 14.6. The van der Waals surface area contributed by atoms with Gasteiger partial charge in [0.05, 0.1) is 0 Å².